The number of fused-ring (bicyclic) bond motifs is 1. The maximum absolute atomic E-state index is 11.6. The van der Waals surface area contributed by atoms with Crippen molar-refractivity contribution in [2.75, 3.05) is 0 Å². The molecule has 0 bridgehead atoms. The van der Waals surface area contributed by atoms with E-state index in [1.165, 1.54) is 0 Å². The van der Waals surface area contributed by atoms with Gasteiger partial charge in [0.1, 0.15) is 5.39 Å². The Balaban J connectivity index is 2.31. The van der Waals surface area contributed by atoms with Gasteiger partial charge in [0.25, 0.3) is 5.56 Å². The molecule has 2 aromatic heterocycles. The molecule has 0 aromatic carbocycles. The second kappa shape index (κ2) is 4.88. The Hall–Kier alpha value is -1.71. The molecule has 0 N–H and O–H groups in total. The fourth-order valence-corrected chi connectivity index (χ4v) is 1.58. The average molecular weight is 218 g/mol. The van der Waals surface area contributed by atoms with Gasteiger partial charge in [-0.25, -0.2) is 4.98 Å². The molecule has 0 aliphatic carbocycles. The zero-order valence-corrected chi connectivity index (χ0v) is 9.27. The predicted octanol–water partition coefficient (Wildman–Crippen LogP) is 2.32. The van der Waals surface area contributed by atoms with E-state index in [-0.39, 0.29) is 5.56 Å². The van der Waals surface area contributed by atoms with Crippen LogP contribution in [-0.2, 0) is 6.42 Å². The van der Waals surface area contributed by atoms with Crippen LogP contribution in [0.3, 0.4) is 0 Å². The monoisotopic (exact) mass is 218 g/mol. The van der Waals surface area contributed by atoms with Crippen LogP contribution in [0.4, 0.5) is 0 Å². The van der Waals surface area contributed by atoms with Crippen molar-refractivity contribution in [1.29, 1.82) is 0 Å². The first-order chi connectivity index (χ1) is 7.81. The molecule has 0 unspecified atom stereocenters. The van der Waals surface area contributed by atoms with E-state index in [0.717, 1.165) is 19.3 Å². The van der Waals surface area contributed by atoms with Crippen molar-refractivity contribution < 1.29 is 4.42 Å². The number of aryl methyl sites for hydroxylation is 1. The summed E-state index contributed by atoms with van der Waals surface area (Å²) in [6.45, 7) is 2.13. The molecule has 0 saturated carbocycles. The number of rotatable bonds is 4. The van der Waals surface area contributed by atoms with Crippen molar-refractivity contribution in [3.63, 3.8) is 0 Å². The van der Waals surface area contributed by atoms with Gasteiger partial charge in [-0.05, 0) is 18.6 Å². The van der Waals surface area contributed by atoms with Crippen LogP contribution in [0.25, 0.3) is 11.1 Å². The number of aromatic nitrogens is 2. The Kier molecular flexibility index (Phi) is 3.29. The van der Waals surface area contributed by atoms with Gasteiger partial charge < -0.3 is 4.42 Å². The van der Waals surface area contributed by atoms with Gasteiger partial charge in [0.2, 0.25) is 5.71 Å². The first-order valence-corrected chi connectivity index (χ1v) is 5.56. The third-order valence-electron chi connectivity index (χ3n) is 2.44. The minimum absolute atomic E-state index is 0.249. The fourth-order valence-electron chi connectivity index (χ4n) is 1.58. The summed E-state index contributed by atoms with van der Waals surface area (Å²) in [6, 6.07) is 3.38. The van der Waals surface area contributed by atoms with Gasteiger partial charge in [-0.1, -0.05) is 19.8 Å². The van der Waals surface area contributed by atoms with Crippen molar-refractivity contribution in [2.24, 2.45) is 0 Å². The second-order valence-corrected chi connectivity index (χ2v) is 3.73. The quantitative estimate of drug-likeness (QED) is 0.739. The van der Waals surface area contributed by atoms with E-state index in [9.17, 15) is 4.79 Å². The molecule has 16 heavy (non-hydrogen) atoms. The minimum atomic E-state index is -0.249. The molecule has 2 heterocycles. The molecule has 0 amide bonds. The Morgan fingerprint density at radius 2 is 2.25 bits per heavy atom. The molecule has 2 aromatic rings. The van der Waals surface area contributed by atoms with Crippen LogP contribution < -0.4 is 5.56 Å². The van der Waals surface area contributed by atoms with Crippen molar-refractivity contribution in [2.45, 2.75) is 32.6 Å². The first-order valence-electron chi connectivity index (χ1n) is 5.56. The van der Waals surface area contributed by atoms with Gasteiger partial charge in [-0.3, -0.25) is 4.79 Å². The highest BCUT2D eigenvalue weighted by atomic mass is 16.4. The zero-order valence-electron chi connectivity index (χ0n) is 9.27. The van der Waals surface area contributed by atoms with Gasteiger partial charge in [-0.2, -0.15) is 4.98 Å². The number of hydrogen-bond donors (Lipinski definition) is 0. The maximum atomic E-state index is 11.6. The van der Waals surface area contributed by atoms with Crippen LogP contribution in [0.2, 0.25) is 0 Å². The Bertz CT molecular complexity index is 534. The van der Waals surface area contributed by atoms with E-state index < -0.39 is 0 Å². The number of nitrogens with zero attached hydrogens (tertiary/aromatic N) is 2. The van der Waals surface area contributed by atoms with E-state index in [0.29, 0.717) is 23.4 Å². The van der Waals surface area contributed by atoms with Crippen LogP contribution in [-0.4, -0.2) is 9.97 Å². The van der Waals surface area contributed by atoms with E-state index in [1.807, 2.05) is 0 Å². The summed E-state index contributed by atoms with van der Waals surface area (Å²) in [5, 5.41) is 0.446. The number of pyridine rings is 1. The molecule has 4 heteroatoms. The Morgan fingerprint density at radius 3 is 3.06 bits per heavy atom. The van der Waals surface area contributed by atoms with Crippen molar-refractivity contribution in [3.05, 3.63) is 34.6 Å². The molecule has 0 aliphatic heterocycles. The van der Waals surface area contributed by atoms with Crippen molar-refractivity contribution in [3.8, 4) is 0 Å². The summed E-state index contributed by atoms with van der Waals surface area (Å²) < 4.78 is 5.47. The molecule has 0 radical (unpaired) electrons. The third kappa shape index (κ3) is 2.27. The van der Waals surface area contributed by atoms with Gasteiger partial charge in [0.05, 0.1) is 0 Å². The molecule has 0 aliphatic rings. The van der Waals surface area contributed by atoms with Crippen molar-refractivity contribution >= 4 is 11.1 Å². The Labute approximate surface area is 93.3 Å². The molecule has 2 rings (SSSR count). The van der Waals surface area contributed by atoms with Gasteiger partial charge in [0, 0.05) is 12.6 Å². The normalized spacial score (nSPS) is 10.8. The van der Waals surface area contributed by atoms with Crippen LogP contribution in [0.5, 0.6) is 0 Å². The summed E-state index contributed by atoms with van der Waals surface area (Å²) in [6.07, 6.45) is 5.56. The maximum Gasteiger partial charge on any atom is 0.285 e. The van der Waals surface area contributed by atoms with E-state index in [2.05, 4.69) is 16.9 Å². The van der Waals surface area contributed by atoms with Crippen LogP contribution in [0.1, 0.15) is 32.1 Å². The van der Waals surface area contributed by atoms with Crippen molar-refractivity contribution in [1.82, 2.24) is 9.97 Å². The summed E-state index contributed by atoms with van der Waals surface area (Å²) >= 11 is 0. The molecule has 0 fully saturated rings. The third-order valence-corrected chi connectivity index (χ3v) is 2.44. The van der Waals surface area contributed by atoms with Crippen LogP contribution in [0.15, 0.2) is 27.5 Å². The molecule has 84 valence electrons. The standard InChI is InChI=1S/C12H14N2O2/c1-2-3-4-7-10-14-11(15)9-6-5-8-13-12(9)16-10/h5-6,8H,2-4,7H2,1H3. The topological polar surface area (TPSA) is 56.0 Å². The lowest BCUT2D eigenvalue weighted by Crippen LogP contribution is -2.09. The Morgan fingerprint density at radius 1 is 1.38 bits per heavy atom. The highest BCUT2D eigenvalue weighted by Gasteiger charge is 2.05. The van der Waals surface area contributed by atoms with Crippen LogP contribution in [0, 0.1) is 0 Å². The predicted molar refractivity (Wildman–Crippen MR) is 61.3 cm³/mol. The van der Waals surface area contributed by atoms with E-state index >= 15 is 0 Å². The lowest BCUT2D eigenvalue weighted by molar-refractivity contribution is 0.482. The van der Waals surface area contributed by atoms with E-state index in [1.54, 1.807) is 18.3 Å². The van der Waals surface area contributed by atoms with Gasteiger partial charge in [-0.15, -0.1) is 0 Å². The lowest BCUT2D eigenvalue weighted by Gasteiger charge is -2.00. The summed E-state index contributed by atoms with van der Waals surface area (Å²) in [7, 11) is 0. The molecule has 0 spiro atoms. The molecular weight excluding hydrogens is 204 g/mol. The molecule has 4 nitrogen and oxygen atoms in total. The summed E-state index contributed by atoms with van der Waals surface area (Å²) in [5.74, 6) is 0.490. The van der Waals surface area contributed by atoms with E-state index in [4.69, 9.17) is 4.42 Å². The smallest absolute Gasteiger partial charge is 0.285 e. The largest absolute Gasteiger partial charge is 0.424 e. The highest BCUT2D eigenvalue weighted by Crippen LogP contribution is 2.09. The summed E-state index contributed by atoms with van der Waals surface area (Å²) in [5.41, 5.74) is 0.134. The highest BCUT2D eigenvalue weighted by molar-refractivity contribution is 5.70. The zero-order chi connectivity index (χ0) is 11.4. The lowest BCUT2D eigenvalue weighted by atomic mass is 10.2. The fraction of sp³-hybridized carbons (Fsp3) is 0.417. The number of hydrogen-bond acceptors (Lipinski definition) is 4. The molecule has 0 saturated heterocycles. The minimum Gasteiger partial charge on any atom is -0.424 e. The summed E-state index contributed by atoms with van der Waals surface area (Å²) in [4.78, 5) is 19.6. The SMILES string of the molecule is CCCCCc1nc(=O)c2cccnc2o1. The number of unbranched alkanes of at least 4 members (excludes halogenated alkanes) is 2. The second-order valence-electron chi connectivity index (χ2n) is 3.73. The molecule has 0 atom stereocenters. The first kappa shape index (κ1) is 10.8. The molecular formula is C12H14N2O2. The van der Waals surface area contributed by atoms with Gasteiger partial charge in [0.15, 0.2) is 5.89 Å². The average Bonchev–Trinajstić information content (AvgIpc) is 2.30. The van der Waals surface area contributed by atoms with Crippen LogP contribution >= 0.6 is 0 Å². The van der Waals surface area contributed by atoms with Gasteiger partial charge >= 0.3 is 0 Å².